The molecular weight excluding hydrogens is 273 g/mol. The Hall–Kier alpha value is -2.09. The monoisotopic (exact) mass is 286 g/mol. The van der Waals surface area contributed by atoms with Crippen molar-refractivity contribution in [3.63, 3.8) is 0 Å². The minimum atomic E-state index is -4.48. The summed E-state index contributed by atoms with van der Waals surface area (Å²) in [5, 5.41) is 5.97. The van der Waals surface area contributed by atoms with Gasteiger partial charge >= 0.3 is 11.9 Å². The molecule has 0 unspecified atom stereocenters. The lowest BCUT2D eigenvalue weighted by Gasteiger charge is -2.18. The molecule has 0 aliphatic carbocycles. The fourth-order valence-electron chi connectivity index (χ4n) is 1.79. The van der Waals surface area contributed by atoms with E-state index in [0.717, 1.165) is 16.7 Å². The van der Waals surface area contributed by atoms with Gasteiger partial charge in [0.05, 0.1) is 16.8 Å². The maximum Gasteiger partial charge on any atom is 0.416 e. The second kappa shape index (κ2) is 4.48. The van der Waals surface area contributed by atoms with Crippen LogP contribution in [0.2, 0.25) is 0 Å². The Labute approximate surface area is 112 Å². The van der Waals surface area contributed by atoms with Crippen molar-refractivity contribution >= 4 is 0 Å². The van der Waals surface area contributed by atoms with Crippen LogP contribution in [0.3, 0.4) is 0 Å². The highest BCUT2D eigenvalue weighted by molar-refractivity contribution is 5.38. The van der Waals surface area contributed by atoms with Crippen LogP contribution in [0.25, 0.3) is 5.69 Å². The van der Waals surface area contributed by atoms with E-state index in [1.807, 2.05) is 0 Å². The highest BCUT2D eigenvalue weighted by atomic mass is 19.4. The average molecular weight is 286 g/mol. The standard InChI is InChI=1S/C12H13F3N4O/c1-11(2,16)9-17-18-10(20)19(9)8-5-3-4-7(6-8)12(13,14)15/h3-6H,16H2,1-2H3,(H,18,20). The fourth-order valence-corrected chi connectivity index (χ4v) is 1.79. The number of alkyl halides is 3. The summed E-state index contributed by atoms with van der Waals surface area (Å²) in [6, 6.07) is 4.43. The summed E-state index contributed by atoms with van der Waals surface area (Å²) in [4.78, 5) is 11.8. The molecule has 2 rings (SSSR count). The summed E-state index contributed by atoms with van der Waals surface area (Å²) in [6.45, 7) is 3.21. The van der Waals surface area contributed by atoms with Gasteiger partial charge in [0.25, 0.3) is 0 Å². The molecule has 20 heavy (non-hydrogen) atoms. The largest absolute Gasteiger partial charge is 0.416 e. The zero-order valence-corrected chi connectivity index (χ0v) is 10.8. The zero-order valence-electron chi connectivity index (χ0n) is 10.8. The first-order valence-electron chi connectivity index (χ1n) is 5.75. The van der Waals surface area contributed by atoms with Gasteiger partial charge in [-0.05, 0) is 32.0 Å². The first-order valence-corrected chi connectivity index (χ1v) is 5.75. The molecule has 108 valence electrons. The Kier molecular flexibility index (Phi) is 3.21. The Morgan fingerprint density at radius 2 is 1.95 bits per heavy atom. The molecule has 3 N–H and O–H groups in total. The quantitative estimate of drug-likeness (QED) is 0.883. The Morgan fingerprint density at radius 3 is 2.50 bits per heavy atom. The van der Waals surface area contributed by atoms with Crippen molar-refractivity contribution in [1.29, 1.82) is 0 Å². The van der Waals surface area contributed by atoms with Crippen molar-refractivity contribution in [3.05, 3.63) is 46.1 Å². The predicted octanol–water partition coefficient (Wildman–Crippen LogP) is 1.77. The van der Waals surface area contributed by atoms with Crippen LogP contribution in [0, 0.1) is 0 Å². The summed E-state index contributed by atoms with van der Waals surface area (Å²) >= 11 is 0. The summed E-state index contributed by atoms with van der Waals surface area (Å²) < 4.78 is 39.2. The predicted molar refractivity (Wildman–Crippen MR) is 66.4 cm³/mol. The van der Waals surface area contributed by atoms with Crippen molar-refractivity contribution in [2.45, 2.75) is 25.6 Å². The molecule has 1 heterocycles. The molecule has 0 aliphatic rings. The van der Waals surface area contributed by atoms with Gasteiger partial charge in [0.15, 0.2) is 5.82 Å². The van der Waals surface area contributed by atoms with E-state index in [2.05, 4.69) is 10.2 Å². The van der Waals surface area contributed by atoms with Gasteiger partial charge < -0.3 is 5.73 Å². The van der Waals surface area contributed by atoms with E-state index >= 15 is 0 Å². The second-order valence-corrected chi connectivity index (χ2v) is 4.96. The number of benzene rings is 1. The molecule has 0 amide bonds. The van der Waals surface area contributed by atoms with Crippen LogP contribution in [0.4, 0.5) is 13.2 Å². The van der Waals surface area contributed by atoms with Crippen LogP contribution < -0.4 is 11.4 Å². The van der Waals surface area contributed by atoms with E-state index in [9.17, 15) is 18.0 Å². The van der Waals surface area contributed by atoms with Gasteiger partial charge in [0.1, 0.15) is 0 Å². The Morgan fingerprint density at radius 1 is 1.30 bits per heavy atom. The minimum absolute atomic E-state index is 0.0621. The topological polar surface area (TPSA) is 76.7 Å². The molecular formula is C12H13F3N4O. The van der Waals surface area contributed by atoms with E-state index in [0.29, 0.717) is 0 Å². The molecule has 0 bridgehead atoms. The van der Waals surface area contributed by atoms with Gasteiger partial charge in [-0.15, -0.1) is 0 Å². The Bertz CT molecular complexity index is 679. The number of nitrogens with zero attached hydrogens (tertiary/aromatic N) is 2. The van der Waals surface area contributed by atoms with Crippen LogP contribution >= 0.6 is 0 Å². The third kappa shape index (κ3) is 2.60. The molecule has 0 saturated heterocycles. The van der Waals surface area contributed by atoms with E-state index in [1.54, 1.807) is 13.8 Å². The van der Waals surface area contributed by atoms with Crippen molar-refractivity contribution in [2.24, 2.45) is 5.73 Å². The molecule has 0 spiro atoms. The van der Waals surface area contributed by atoms with Crippen molar-refractivity contribution < 1.29 is 13.2 Å². The van der Waals surface area contributed by atoms with Gasteiger partial charge in [-0.25, -0.2) is 14.5 Å². The molecule has 0 saturated carbocycles. The Balaban J connectivity index is 2.64. The van der Waals surface area contributed by atoms with E-state index in [4.69, 9.17) is 5.73 Å². The molecule has 5 nitrogen and oxygen atoms in total. The zero-order chi connectivity index (χ0) is 15.1. The van der Waals surface area contributed by atoms with E-state index in [-0.39, 0.29) is 11.5 Å². The van der Waals surface area contributed by atoms with Crippen LogP contribution in [0.1, 0.15) is 25.2 Å². The lowest BCUT2D eigenvalue weighted by Crippen LogP contribution is -2.34. The number of nitrogens with one attached hydrogen (secondary N) is 1. The van der Waals surface area contributed by atoms with Crippen LogP contribution in [-0.4, -0.2) is 14.8 Å². The highest BCUT2D eigenvalue weighted by Crippen LogP contribution is 2.30. The summed E-state index contributed by atoms with van der Waals surface area (Å²) in [6.07, 6.45) is -4.48. The van der Waals surface area contributed by atoms with Crippen LogP contribution in [0.15, 0.2) is 29.1 Å². The van der Waals surface area contributed by atoms with Crippen molar-refractivity contribution in [1.82, 2.24) is 14.8 Å². The summed E-state index contributed by atoms with van der Waals surface area (Å²) in [7, 11) is 0. The summed E-state index contributed by atoms with van der Waals surface area (Å²) in [5.74, 6) is 0.154. The summed E-state index contributed by atoms with van der Waals surface area (Å²) in [5.41, 5.74) is 3.47. The fraction of sp³-hybridized carbons (Fsp3) is 0.333. The first-order chi connectivity index (χ1) is 9.10. The lowest BCUT2D eigenvalue weighted by atomic mass is 10.1. The lowest BCUT2D eigenvalue weighted by molar-refractivity contribution is -0.137. The number of aromatic nitrogens is 3. The highest BCUT2D eigenvalue weighted by Gasteiger charge is 2.31. The number of aromatic amines is 1. The van der Waals surface area contributed by atoms with Crippen LogP contribution in [-0.2, 0) is 11.7 Å². The minimum Gasteiger partial charge on any atom is -0.319 e. The van der Waals surface area contributed by atoms with Gasteiger partial charge in [0, 0.05) is 0 Å². The van der Waals surface area contributed by atoms with E-state index in [1.165, 1.54) is 12.1 Å². The number of H-pyrrole nitrogens is 1. The maximum absolute atomic E-state index is 12.7. The SMILES string of the molecule is CC(C)(N)c1n[nH]c(=O)n1-c1cccc(C(F)(F)F)c1. The molecule has 0 fully saturated rings. The molecule has 8 heteroatoms. The van der Waals surface area contributed by atoms with E-state index < -0.39 is 23.0 Å². The van der Waals surface area contributed by atoms with Crippen LogP contribution in [0.5, 0.6) is 0 Å². The molecule has 2 aromatic rings. The number of hydrogen-bond donors (Lipinski definition) is 2. The first kappa shape index (κ1) is 14.3. The second-order valence-electron chi connectivity index (χ2n) is 4.96. The normalized spacial score (nSPS) is 12.7. The number of halogens is 3. The number of hydrogen-bond acceptors (Lipinski definition) is 3. The van der Waals surface area contributed by atoms with Gasteiger partial charge in [-0.2, -0.15) is 18.3 Å². The van der Waals surface area contributed by atoms with Gasteiger partial charge in [-0.1, -0.05) is 6.07 Å². The smallest absolute Gasteiger partial charge is 0.319 e. The molecule has 0 radical (unpaired) electrons. The average Bonchev–Trinajstić information content (AvgIpc) is 2.70. The number of nitrogens with two attached hydrogens (primary N) is 1. The van der Waals surface area contributed by atoms with Crippen molar-refractivity contribution in [2.75, 3.05) is 0 Å². The molecule has 1 aromatic heterocycles. The number of rotatable bonds is 2. The van der Waals surface area contributed by atoms with Gasteiger partial charge in [0.2, 0.25) is 0 Å². The third-order valence-electron chi connectivity index (χ3n) is 2.68. The van der Waals surface area contributed by atoms with Crippen molar-refractivity contribution in [3.8, 4) is 5.69 Å². The molecule has 0 aliphatic heterocycles. The third-order valence-corrected chi connectivity index (χ3v) is 2.68. The molecule has 0 atom stereocenters. The van der Waals surface area contributed by atoms with Gasteiger partial charge in [-0.3, -0.25) is 0 Å². The maximum atomic E-state index is 12.7. The molecule has 1 aromatic carbocycles.